The van der Waals surface area contributed by atoms with Gasteiger partial charge >= 0.3 is 0 Å². The second-order valence-electron chi connectivity index (χ2n) is 25.5. The van der Waals surface area contributed by atoms with Crippen LogP contribution in [0.4, 0.5) is 5.69 Å². The van der Waals surface area contributed by atoms with Crippen molar-refractivity contribution in [2.75, 3.05) is 90.7 Å². The molecule has 1 unspecified atom stereocenters. The Hall–Kier alpha value is -7.30. The number of phenolic OH excluding ortho intramolecular Hbond substituents is 1. The van der Waals surface area contributed by atoms with Crippen molar-refractivity contribution < 1.29 is 103 Å². The number of ether oxygens (including phenoxy) is 1. The average Bonchev–Trinajstić information content (AvgIpc) is 1.63. The number of hydrogen-bond acceptors (Lipinski definition) is 28. The molecule has 3 aromatic carbocycles. The Balaban J connectivity index is 1.03. The van der Waals surface area contributed by atoms with Gasteiger partial charge in [-0.3, -0.25) is 38.5 Å². The van der Waals surface area contributed by atoms with E-state index in [4.69, 9.17) is 14.2 Å². The fraction of sp³-hybridized carbons (Fsp3) is 0.585. The molecule has 5 heterocycles. The zero-order chi connectivity index (χ0) is 72.2. The van der Waals surface area contributed by atoms with Gasteiger partial charge in [-0.1, -0.05) is 65.1 Å². The van der Waals surface area contributed by atoms with E-state index in [-0.39, 0.29) is 42.3 Å². The first-order valence-corrected chi connectivity index (χ1v) is 34.8. The fourth-order valence-electron chi connectivity index (χ4n) is 12.5. The average molecular weight is 1440 g/mol. The molecule has 4 aliphatic rings. The van der Waals surface area contributed by atoms with E-state index >= 15 is 4.79 Å². The summed E-state index contributed by atoms with van der Waals surface area (Å²) in [6.07, 6.45) is -6.76. The highest BCUT2D eigenvalue weighted by Gasteiger charge is 2.50. The van der Waals surface area contributed by atoms with Crippen LogP contribution in [0.1, 0.15) is 81.1 Å². The quantitative estimate of drug-likeness (QED) is 0.0126. The Kier molecular flexibility index (Phi) is 29.9. The van der Waals surface area contributed by atoms with Crippen molar-refractivity contribution in [3.63, 3.8) is 0 Å². The number of phenols is 1. The Morgan fingerprint density at radius 3 is 2.04 bits per heavy atom. The number of unbranched alkanes of at least 4 members (excludes halogenated alkanes) is 4. The van der Waals surface area contributed by atoms with Gasteiger partial charge in [0.15, 0.2) is 11.5 Å². The lowest BCUT2D eigenvalue weighted by atomic mass is 9.98. The van der Waals surface area contributed by atoms with Gasteiger partial charge in [-0.15, -0.1) is 10.2 Å². The molecule has 0 radical (unpaired) electrons. The Morgan fingerprint density at radius 1 is 0.740 bits per heavy atom. The maximum absolute atomic E-state index is 15.0. The van der Waals surface area contributed by atoms with E-state index in [1.165, 1.54) is 68.2 Å². The summed E-state index contributed by atoms with van der Waals surface area (Å²) in [6, 6.07) is 5.55. The summed E-state index contributed by atoms with van der Waals surface area (Å²) in [5, 5.41) is 136. The molecule has 8 rings (SSSR count). The van der Waals surface area contributed by atoms with Gasteiger partial charge in [0.25, 0.3) is 18.2 Å². The Morgan fingerprint density at radius 2 is 1.38 bits per heavy atom. The third-order valence-corrected chi connectivity index (χ3v) is 19.6. The molecule has 4 aromatic rings. The summed E-state index contributed by atoms with van der Waals surface area (Å²) in [4.78, 5) is 109. The van der Waals surface area contributed by atoms with Crippen molar-refractivity contribution >= 4 is 70.7 Å². The van der Waals surface area contributed by atoms with Gasteiger partial charge in [-0.25, -0.2) is 5.26 Å². The summed E-state index contributed by atoms with van der Waals surface area (Å²) in [5.74, 6) is -9.60. The van der Waals surface area contributed by atoms with Gasteiger partial charge in [0.2, 0.25) is 35.4 Å². The van der Waals surface area contributed by atoms with Crippen LogP contribution >= 0.6 is 23.7 Å². The number of amides is 7. The van der Waals surface area contributed by atoms with E-state index in [0.29, 0.717) is 15.6 Å². The molecule has 4 fully saturated rings. The van der Waals surface area contributed by atoms with Crippen LogP contribution in [0.15, 0.2) is 66.7 Å². The Labute approximate surface area is 585 Å². The SMILES string of the molecule is COCCCCCCCN1CCN(c2ccc(-c3nnc(-c4ccc(C(=O)NC5C[C@@H](O)CNC(=O)[C@@H]6[C@@H](O)[C@@H](C)CN6C(=O)[C@H]([C@H](O)CCNC(CO)CO)NC(=O)[C@H]([C@H](O)Cc6ccc(O)c(OSOOO)c6)NC(=O)[C@@H]6C[C@@H](O)CN6C(=O)[C@H]([C@@H](C)O)NC5=O)cc4)s3)cc2)CC1. The molecule has 0 aliphatic carbocycles. The second-order valence-corrected chi connectivity index (χ2v) is 26.9. The van der Waals surface area contributed by atoms with Gasteiger partial charge in [-0.05, 0) is 93.4 Å². The van der Waals surface area contributed by atoms with Crippen molar-refractivity contribution in [3.8, 4) is 32.6 Å². The number of carbonyl (C=O) groups is 7. The van der Waals surface area contributed by atoms with Gasteiger partial charge in [-0.2, -0.15) is 0 Å². The summed E-state index contributed by atoms with van der Waals surface area (Å²) >= 11 is 1.40. The minimum atomic E-state index is -2.16. The molecule has 0 spiro atoms. The van der Waals surface area contributed by atoms with E-state index in [2.05, 4.69) is 73.4 Å². The first-order chi connectivity index (χ1) is 48.0. The number of aromatic nitrogens is 2. The van der Waals surface area contributed by atoms with Crippen LogP contribution in [-0.4, -0.2) is 282 Å². The van der Waals surface area contributed by atoms with Crippen LogP contribution in [0.5, 0.6) is 11.5 Å². The lowest BCUT2D eigenvalue weighted by Crippen LogP contribution is -2.64. The Bertz CT molecular complexity index is 3330. The van der Waals surface area contributed by atoms with Crippen LogP contribution < -0.4 is 41.0 Å². The number of anilines is 1. The molecule has 35 heteroatoms. The van der Waals surface area contributed by atoms with Crippen molar-refractivity contribution in [3.05, 3.63) is 77.9 Å². The minimum Gasteiger partial charge on any atom is -0.504 e. The molecule has 1 aromatic heterocycles. The highest BCUT2D eigenvalue weighted by atomic mass is 32.2. The van der Waals surface area contributed by atoms with Gasteiger partial charge < -0.3 is 101 Å². The third-order valence-electron chi connectivity index (χ3n) is 18.2. The highest BCUT2D eigenvalue weighted by Crippen LogP contribution is 2.34. The number of aromatic hydroxyl groups is 1. The lowest BCUT2D eigenvalue weighted by molar-refractivity contribution is -0.433. The molecule has 7 amide bonds. The molecule has 16 N–H and O–H groups in total. The summed E-state index contributed by atoms with van der Waals surface area (Å²) in [7, 11) is 1.73. The van der Waals surface area contributed by atoms with Gasteiger partial charge in [0.1, 0.15) is 46.3 Å². The van der Waals surface area contributed by atoms with Crippen LogP contribution in [0, 0.1) is 5.92 Å². The number of aliphatic hydroxyl groups is 8. The normalized spacial score (nSPS) is 24.9. The predicted molar refractivity (Wildman–Crippen MR) is 361 cm³/mol. The number of nitrogens with zero attached hydrogens (tertiary/aromatic N) is 6. The topological polar surface area (TPSA) is 470 Å². The molecule has 0 bridgehead atoms. The summed E-state index contributed by atoms with van der Waals surface area (Å²) < 4.78 is 14.5. The molecule has 13 atom stereocenters. The zero-order valence-electron chi connectivity index (χ0n) is 55.7. The van der Waals surface area contributed by atoms with Crippen molar-refractivity contribution in [2.24, 2.45) is 5.92 Å². The number of nitrogens with one attached hydrogen (secondary N) is 6. The number of methoxy groups -OCH3 is 1. The molecule has 100 heavy (non-hydrogen) atoms. The predicted octanol–water partition coefficient (Wildman–Crippen LogP) is -2.06. The molecule has 0 saturated carbocycles. The lowest BCUT2D eigenvalue weighted by Gasteiger charge is -2.36. The minimum absolute atomic E-state index is 0.0187. The molecular formula is C65H92N12O21S2. The van der Waals surface area contributed by atoms with E-state index in [1.807, 2.05) is 12.1 Å². The smallest absolute Gasteiger partial charge is 0.261 e. The molecule has 4 saturated heterocycles. The number of rotatable bonds is 28. The molecule has 33 nitrogen and oxygen atoms in total. The van der Waals surface area contributed by atoms with Crippen LogP contribution in [-0.2, 0) is 49.3 Å². The number of benzene rings is 3. The first kappa shape index (κ1) is 78.4. The van der Waals surface area contributed by atoms with E-state index in [1.54, 1.807) is 19.2 Å². The zero-order valence-corrected chi connectivity index (χ0v) is 57.4. The van der Waals surface area contributed by atoms with Crippen LogP contribution in [0.2, 0.25) is 0 Å². The van der Waals surface area contributed by atoms with E-state index in [9.17, 15) is 74.7 Å². The number of fused-ring (bicyclic) bond motifs is 2. The van der Waals surface area contributed by atoms with Crippen LogP contribution in [0.25, 0.3) is 21.1 Å². The first-order valence-electron chi connectivity index (χ1n) is 33.3. The highest BCUT2D eigenvalue weighted by molar-refractivity contribution is 7.90. The van der Waals surface area contributed by atoms with E-state index < -0.39 is 184 Å². The standard InChI is InChI=1S/C65H92N12O21S2/c1-36-32-77-55(56(36)86)61(91)67-31-44(81)29-46(68-57(87)39-10-12-40(13-11-39)62-72-73-63(99-62)41-14-16-43(17-15-41)75-24-22-74(23-25-75)21-7-5-4-6-8-26-95-3)58(88)69-52(37(2)80)64(92)76-33-45(82)30-47(76)59(89)70-53(50(85)27-38-9-18-48(83)51(28-38)96-100-98-97-94)60(90)71-54(65(77)93)49(84)19-20-66-42(34-78)35-79/h9-18,28,36-37,42,44-47,49-50,52-56,66,78-86,94H,4-8,19-27,29-35H2,1-3H3,(H,67,91)(H,68,87)(H,69,88)(H,70,89)(H,71,90)/t36-,37+,44+,45+,46?,47-,49+,50+,52-,53-,54-,55-,56-/m0/s1. The number of hydrogen-bond donors (Lipinski definition) is 16. The van der Waals surface area contributed by atoms with Gasteiger partial charge in [0, 0.05) is 107 Å². The number of β-amino-alcohol motifs (C(OH)–C–C–N with tert-alkyl or cyclic N) is 1. The van der Waals surface area contributed by atoms with Crippen LogP contribution in [0.3, 0.4) is 0 Å². The van der Waals surface area contributed by atoms with Crippen molar-refractivity contribution in [1.29, 1.82) is 0 Å². The third kappa shape index (κ3) is 21.2. The van der Waals surface area contributed by atoms with E-state index in [0.717, 1.165) is 79.8 Å². The number of aliphatic hydroxyl groups excluding tert-OH is 8. The fourth-order valence-corrected chi connectivity index (χ4v) is 13.6. The van der Waals surface area contributed by atoms with Crippen molar-refractivity contribution in [2.45, 2.75) is 151 Å². The maximum atomic E-state index is 15.0. The monoisotopic (exact) mass is 1440 g/mol. The van der Waals surface area contributed by atoms with Gasteiger partial charge in [0.05, 0.1) is 55.9 Å². The van der Waals surface area contributed by atoms with Crippen molar-refractivity contribution in [1.82, 2.24) is 56.8 Å². The number of carbonyl (C=O) groups excluding carboxylic acids is 7. The molecular weight excluding hydrogens is 1350 g/mol. The second kappa shape index (κ2) is 38.1. The molecule has 550 valence electrons. The largest absolute Gasteiger partial charge is 0.504 e. The summed E-state index contributed by atoms with van der Waals surface area (Å²) in [6.45, 7) is 5.41. The number of piperazine rings is 1. The summed E-state index contributed by atoms with van der Waals surface area (Å²) in [5.41, 5.74) is 2.70. The maximum Gasteiger partial charge on any atom is 0.261 e. The molecule has 4 aliphatic heterocycles.